The monoisotopic (exact) mass is 534 g/mol. The predicted molar refractivity (Wildman–Crippen MR) is 144 cm³/mol. The first-order chi connectivity index (χ1) is 18.0. The van der Waals surface area contributed by atoms with Crippen LogP contribution in [0.3, 0.4) is 0 Å². The third-order valence-corrected chi connectivity index (χ3v) is 7.17. The molecule has 190 valence electrons. The smallest absolute Gasteiger partial charge is 0.293 e. The van der Waals surface area contributed by atoms with Gasteiger partial charge in [0.1, 0.15) is 10.0 Å². The number of rotatable bonds is 13. The number of amides is 2. The van der Waals surface area contributed by atoms with Gasteiger partial charge in [-0.15, -0.1) is 20.4 Å². The topological polar surface area (TPSA) is 127 Å². The molecule has 0 atom stereocenters. The summed E-state index contributed by atoms with van der Waals surface area (Å²) in [6.45, 7) is 0. The molecule has 11 heteroatoms. The number of anilines is 2. The minimum Gasteiger partial charge on any atom is -0.301 e. The fraction of sp³-hybridized carbons (Fsp3) is 0.269. The summed E-state index contributed by atoms with van der Waals surface area (Å²) in [4.78, 5) is 36.5. The van der Waals surface area contributed by atoms with Crippen molar-refractivity contribution in [2.24, 2.45) is 0 Å². The second-order valence-electron chi connectivity index (χ2n) is 8.28. The predicted octanol–water partition coefficient (Wildman–Crippen LogP) is 4.28. The van der Waals surface area contributed by atoms with Crippen LogP contribution in [0.4, 0.5) is 10.3 Å². The lowest BCUT2D eigenvalue weighted by atomic mass is 10.1. The van der Waals surface area contributed by atoms with E-state index >= 15 is 0 Å². The van der Waals surface area contributed by atoms with Crippen molar-refractivity contribution in [3.8, 4) is 0 Å². The molecule has 0 aliphatic heterocycles. The Hall–Kier alpha value is -3.83. The summed E-state index contributed by atoms with van der Waals surface area (Å²) < 4.78 is 0. The zero-order chi connectivity index (χ0) is 25.9. The van der Waals surface area contributed by atoms with Crippen LogP contribution in [0.25, 0.3) is 0 Å². The number of aromatic nitrogens is 4. The quantitative estimate of drug-likeness (QED) is 0.194. The molecular weight excluding hydrogens is 508 g/mol. The van der Waals surface area contributed by atoms with Crippen LogP contribution >= 0.6 is 22.7 Å². The average molecular weight is 535 g/mol. The summed E-state index contributed by atoms with van der Waals surface area (Å²) in [7, 11) is 0. The van der Waals surface area contributed by atoms with E-state index in [1.165, 1.54) is 22.7 Å². The molecule has 0 radical (unpaired) electrons. The van der Waals surface area contributed by atoms with Crippen molar-refractivity contribution in [2.45, 2.75) is 44.9 Å². The van der Waals surface area contributed by atoms with Gasteiger partial charge in [0, 0.05) is 25.7 Å². The maximum absolute atomic E-state index is 12.2. The Labute approximate surface area is 222 Å². The third-order valence-electron chi connectivity index (χ3n) is 5.38. The van der Waals surface area contributed by atoms with Crippen LogP contribution < -0.4 is 10.6 Å². The molecule has 0 fully saturated rings. The Bertz CT molecular complexity index is 1320. The van der Waals surface area contributed by atoms with Crippen LogP contribution in [0.15, 0.2) is 60.7 Å². The first-order valence-electron chi connectivity index (χ1n) is 11.9. The Morgan fingerprint density at radius 1 is 0.649 bits per heavy atom. The van der Waals surface area contributed by atoms with Gasteiger partial charge in [0.25, 0.3) is 5.91 Å². The molecule has 2 amide bonds. The molecule has 9 nitrogen and oxygen atoms in total. The summed E-state index contributed by atoms with van der Waals surface area (Å²) in [6, 6.07) is 19.0. The van der Waals surface area contributed by atoms with Crippen molar-refractivity contribution < 1.29 is 14.4 Å². The number of ketones is 1. The van der Waals surface area contributed by atoms with Gasteiger partial charge in [-0.3, -0.25) is 19.7 Å². The van der Waals surface area contributed by atoms with Gasteiger partial charge < -0.3 is 5.32 Å². The van der Waals surface area contributed by atoms with E-state index in [0.29, 0.717) is 29.5 Å². The van der Waals surface area contributed by atoms with Crippen LogP contribution in [-0.4, -0.2) is 38.0 Å². The van der Waals surface area contributed by atoms with E-state index in [1.807, 2.05) is 48.5 Å². The maximum Gasteiger partial charge on any atom is 0.293 e. The first-order valence-corrected chi connectivity index (χ1v) is 13.5. The number of nitrogens with zero attached hydrogens (tertiary/aromatic N) is 4. The molecule has 2 heterocycles. The standard InChI is InChI=1S/C26H26N6O3S2/c33-20(17-19-11-5-2-6-12-19)24(35)28-26-32-30-23(37-26)14-8-7-13-22-29-31-25(36-22)27-21(34)16-15-18-9-3-1-4-10-18/h1-6,9-12H,7-8,13-17H2,(H,27,31,34)(H,28,32,35). The number of nitrogens with one attached hydrogen (secondary N) is 2. The second-order valence-corrected chi connectivity index (χ2v) is 10.4. The fourth-order valence-corrected chi connectivity index (χ4v) is 5.05. The molecule has 0 saturated heterocycles. The molecule has 4 rings (SSSR count). The lowest BCUT2D eigenvalue weighted by molar-refractivity contribution is -0.134. The Morgan fingerprint density at radius 3 is 1.78 bits per heavy atom. The molecule has 0 aliphatic carbocycles. The molecule has 2 N–H and O–H groups in total. The van der Waals surface area contributed by atoms with Gasteiger partial charge in [-0.2, -0.15) is 0 Å². The summed E-state index contributed by atoms with van der Waals surface area (Å²) >= 11 is 2.65. The Kier molecular flexibility index (Phi) is 9.55. The maximum atomic E-state index is 12.2. The molecule has 0 bridgehead atoms. The van der Waals surface area contributed by atoms with E-state index < -0.39 is 11.7 Å². The number of unbranched alkanes of at least 4 members (excludes halogenated alkanes) is 1. The zero-order valence-electron chi connectivity index (χ0n) is 20.1. The van der Waals surface area contributed by atoms with Gasteiger partial charge >= 0.3 is 0 Å². The van der Waals surface area contributed by atoms with Crippen LogP contribution in [0, 0.1) is 0 Å². The number of hydrogen-bond donors (Lipinski definition) is 2. The van der Waals surface area contributed by atoms with E-state index in [-0.39, 0.29) is 12.3 Å². The van der Waals surface area contributed by atoms with Crippen molar-refractivity contribution >= 4 is 50.5 Å². The van der Waals surface area contributed by atoms with E-state index in [2.05, 4.69) is 31.0 Å². The molecule has 0 aliphatic rings. The highest BCUT2D eigenvalue weighted by Crippen LogP contribution is 2.20. The Morgan fingerprint density at radius 2 is 1.19 bits per heavy atom. The summed E-state index contributed by atoms with van der Waals surface area (Å²) in [6.07, 6.45) is 4.29. The normalized spacial score (nSPS) is 10.7. The van der Waals surface area contributed by atoms with Gasteiger partial charge in [0.2, 0.25) is 22.0 Å². The van der Waals surface area contributed by atoms with E-state index in [0.717, 1.165) is 40.4 Å². The molecule has 0 saturated carbocycles. The lowest BCUT2D eigenvalue weighted by Crippen LogP contribution is -2.24. The molecule has 2 aromatic heterocycles. The van der Waals surface area contributed by atoms with Crippen molar-refractivity contribution in [3.63, 3.8) is 0 Å². The highest BCUT2D eigenvalue weighted by Gasteiger charge is 2.16. The zero-order valence-corrected chi connectivity index (χ0v) is 21.7. The summed E-state index contributed by atoms with van der Waals surface area (Å²) in [5, 5.41) is 24.1. The highest BCUT2D eigenvalue weighted by atomic mass is 32.1. The number of carbonyl (C=O) groups is 3. The van der Waals surface area contributed by atoms with Crippen LogP contribution in [0.1, 0.15) is 40.4 Å². The average Bonchev–Trinajstić information content (AvgIpc) is 3.55. The van der Waals surface area contributed by atoms with E-state index in [4.69, 9.17) is 0 Å². The number of aryl methyl sites for hydroxylation is 3. The van der Waals surface area contributed by atoms with Crippen LogP contribution in [0.2, 0.25) is 0 Å². The fourth-order valence-electron chi connectivity index (χ4n) is 3.48. The van der Waals surface area contributed by atoms with Gasteiger partial charge in [-0.1, -0.05) is 83.3 Å². The van der Waals surface area contributed by atoms with Gasteiger partial charge in [0.05, 0.1) is 0 Å². The van der Waals surface area contributed by atoms with Crippen molar-refractivity contribution in [3.05, 3.63) is 81.8 Å². The van der Waals surface area contributed by atoms with Crippen LogP contribution in [0.5, 0.6) is 0 Å². The number of carbonyl (C=O) groups excluding carboxylic acids is 3. The largest absolute Gasteiger partial charge is 0.301 e. The lowest BCUT2D eigenvalue weighted by Gasteiger charge is -2.01. The van der Waals surface area contributed by atoms with Gasteiger partial charge in [0.15, 0.2) is 0 Å². The minimum absolute atomic E-state index is 0.0447. The van der Waals surface area contributed by atoms with E-state index in [1.54, 1.807) is 12.1 Å². The minimum atomic E-state index is -0.689. The number of benzene rings is 2. The van der Waals surface area contributed by atoms with Gasteiger partial charge in [-0.05, 0) is 30.4 Å². The first kappa shape index (κ1) is 26.2. The molecule has 0 spiro atoms. The highest BCUT2D eigenvalue weighted by molar-refractivity contribution is 7.15. The summed E-state index contributed by atoms with van der Waals surface area (Å²) in [5.41, 5.74) is 1.91. The SMILES string of the molecule is O=C(CCc1ccccc1)Nc1nnc(CCCCc2nnc(NC(=O)C(=O)Cc3ccccc3)s2)s1. The summed E-state index contributed by atoms with van der Waals surface area (Å²) in [5.74, 6) is -1.29. The van der Waals surface area contributed by atoms with Crippen LogP contribution in [-0.2, 0) is 40.1 Å². The molecule has 4 aromatic rings. The van der Waals surface area contributed by atoms with Crippen molar-refractivity contribution in [2.75, 3.05) is 10.6 Å². The number of hydrogen-bond acceptors (Lipinski definition) is 9. The van der Waals surface area contributed by atoms with E-state index in [9.17, 15) is 14.4 Å². The molecule has 37 heavy (non-hydrogen) atoms. The van der Waals surface area contributed by atoms with Gasteiger partial charge in [-0.25, -0.2) is 0 Å². The molecule has 0 unspecified atom stereocenters. The molecular formula is C26H26N6O3S2. The Balaban J connectivity index is 1.13. The van der Waals surface area contributed by atoms with Crippen molar-refractivity contribution in [1.82, 2.24) is 20.4 Å². The second kappa shape index (κ2) is 13.5. The number of Topliss-reactive ketones (excluding diaryl/α,β-unsaturated/α-hetero) is 1. The molecule has 2 aromatic carbocycles. The third kappa shape index (κ3) is 8.65. The van der Waals surface area contributed by atoms with Crippen molar-refractivity contribution in [1.29, 1.82) is 0 Å².